The number of hydrogen-bond acceptors (Lipinski definition) is 10. The molecule has 3 N–H and O–H groups in total. The van der Waals surface area contributed by atoms with Crippen molar-refractivity contribution < 1.29 is 32.7 Å². The van der Waals surface area contributed by atoms with E-state index in [9.17, 15) is 37.5 Å². The molecule has 5 aromatic rings. The van der Waals surface area contributed by atoms with Crippen LogP contribution in [-0.4, -0.2) is 79.6 Å². The summed E-state index contributed by atoms with van der Waals surface area (Å²) in [5, 5.41) is 17.1. The van der Waals surface area contributed by atoms with E-state index >= 15 is 0 Å². The van der Waals surface area contributed by atoms with Crippen molar-refractivity contribution in [1.82, 2.24) is 29.3 Å². The maximum atomic E-state index is 13.5. The number of nitrogens with zero attached hydrogens (tertiary/aromatic N) is 6. The minimum Gasteiger partial charge on any atom is -0.386 e. The van der Waals surface area contributed by atoms with E-state index < -0.39 is 35.3 Å². The van der Waals surface area contributed by atoms with Crippen LogP contribution in [0, 0.1) is 5.92 Å². The van der Waals surface area contributed by atoms with Gasteiger partial charge in [0.2, 0.25) is 11.8 Å². The Morgan fingerprint density at radius 1 is 0.983 bits per heavy atom. The predicted molar refractivity (Wildman–Crippen MR) is 223 cm³/mol. The summed E-state index contributed by atoms with van der Waals surface area (Å²) in [5.74, 6) is -0.755. The number of pyridine rings is 1. The minimum atomic E-state index is -4.69. The van der Waals surface area contributed by atoms with Crippen molar-refractivity contribution in [2.24, 2.45) is 13.0 Å². The summed E-state index contributed by atoms with van der Waals surface area (Å²) in [6.45, 7) is 5.82. The number of imidazole rings is 1. The predicted octanol–water partition coefficient (Wildman–Crippen LogP) is 6.70. The molecule has 0 bridgehead atoms. The summed E-state index contributed by atoms with van der Waals surface area (Å²) >= 11 is 1.54. The van der Waals surface area contributed by atoms with Gasteiger partial charge < -0.3 is 20.2 Å². The molecule has 3 aromatic heterocycles. The number of piperidine rings is 2. The molecule has 5 heterocycles. The van der Waals surface area contributed by atoms with Gasteiger partial charge in [0.15, 0.2) is 0 Å². The van der Waals surface area contributed by atoms with Crippen LogP contribution in [0.15, 0.2) is 53.3 Å². The van der Waals surface area contributed by atoms with Gasteiger partial charge in [0.1, 0.15) is 17.4 Å². The van der Waals surface area contributed by atoms with Crippen LogP contribution >= 0.6 is 11.3 Å². The normalized spacial score (nSPS) is 20.9. The van der Waals surface area contributed by atoms with Gasteiger partial charge in [-0.05, 0) is 108 Å². The highest BCUT2D eigenvalue weighted by atomic mass is 32.1. The second-order valence-electron chi connectivity index (χ2n) is 17.0. The first-order chi connectivity index (χ1) is 28.5. The number of aryl methyl sites for hydroxylation is 1. The molecule has 3 amide bonds. The van der Waals surface area contributed by atoms with Crippen molar-refractivity contribution >= 4 is 61.7 Å². The van der Waals surface area contributed by atoms with Gasteiger partial charge in [0.05, 0.1) is 37.5 Å². The summed E-state index contributed by atoms with van der Waals surface area (Å²) in [7, 11) is 3.95. The molecule has 0 spiro atoms. The Balaban J connectivity index is 0.885. The van der Waals surface area contributed by atoms with Crippen molar-refractivity contribution in [2.75, 3.05) is 36.9 Å². The van der Waals surface area contributed by atoms with E-state index in [2.05, 4.69) is 32.5 Å². The van der Waals surface area contributed by atoms with Crippen molar-refractivity contribution in [2.45, 2.75) is 95.0 Å². The zero-order valence-electron chi connectivity index (χ0n) is 34.0. The second kappa shape index (κ2) is 16.0. The van der Waals surface area contributed by atoms with Gasteiger partial charge in [-0.25, -0.2) is 14.8 Å². The number of halogens is 3. The highest BCUT2D eigenvalue weighted by Gasteiger charge is 2.35. The van der Waals surface area contributed by atoms with Gasteiger partial charge >= 0.3 is 11.9 Å². The number of benzene rings is 2. The Morgan fingerprint density at radius 3 is 2.38 bits per heavy atom. The number of carbonyl (C=O) groups excluding carboxylic acids is 3. The van der Waals surface area contributed by atoms with E-state index in [1.165, 1.54) is 22.0 Å². The van der Waals surface area contributed by atoms with Gasteiger partial charge in [0.25, 0.3) is 5.91 Å². The third kappa shape index (κ3) is 8.18. The van der Waals surface area contributed by atoms with Crippen molar-refractivity contribution in [3.63, 3.8) is 0 Å². The molecule has 2 saturated heterocycles. The van der Waals surface area contributed by atoms with Crippen molar-refractivity contribution in [1.29, 1.82) is 0 Å². The number of aromatic nitrogens is 4. The number of amides is 3. The molecule has 17 heteroatoms. The molecule has 318 valence electrons. The number of alkyl halides is 3. The van der Waals surface area contributed by atoms with Crippen LogP contribution in [0.25, 0.3) is 21.3 Å². The number of imide groups is 1. The number of anilines is 2. The van der Waals surface area contributed by atoms with E-state index in [0.29, 0.717) is 40.7 Å². The largest absolute Gasteiger partial charge is 0.433 e. The molecule has 8 rings (SSSR count). The topological polar surface area (TPSA) is 155 Å². The van der Waals surface area contributed by atoms with Gasteiger partial charge in [0, 0.05) is 56.3 Å². The van der Waals surface area contributed by atoms with Crippen LogP contribution in [0.3, 0.4) is 0 Å². The van der Waals surface area contributed by atoms with Crippen molar-refractivity contribution in [3.8, 4) is 0 Å². The molecular formula is C43H49F3N8O5S. The van der Waals surface area contributed by atoms with Crippen LogP contribution in [0.2, 0.25) is 0 Å². The molecule has 1 aliphatic carbocycles. The zero-order chi connectivity index (χ0) is 42.7. The first-order valence-corrected chi connectivity index (χ1v) is 21.3. The second-order valence-corrected chi connectivity index (χ2v) is 18.1. The first kappa shape index (κ1) is 41.6. The molecule has 2 aliphatic heterocycles. The number of carbonyl (C=O) groups is 3. The summed E-state index contributed by atoms with van der Waals surface area (Å²) in [6.07, 6.45) is 1.83. The zero-order valence-corrected chi connectivity index (χ0v) is 34.8. The summed E-state index contributed by atoms with van der Waals surface area (Å²) in [6, 6.07) is 12.2. The molecule has 1 unspecified atom stereocenters. The molecule has 3 fully saturated rings. The highest BCUT2D eigenvalue weighted by molar-refractivity contribution is 7.18. The number of fused-ring (bicyclic) bond motifs is 2. The van der Waals surface area contributed by atoms with Gasteiger partial charge in [-0.15, -0.1) is 11.3 Å². The Labute approximate surface area is 348 Å². The fraction of sp³-hybridized carbons (Fsp3) is 0.488. The molecule has 13 nitrogen and oxygen atoms in total. The van der Waals surface area contributed by atoms with E-state index in [1.807, 2.05) is 18.2 Å². The summed E-state index contributed by atoms with van der Waals surface area (Å²) in [4.78, 5) is 64.4. The quantitative estimate of drug-likeness (QED) is 0.138. The van der Waals surface area contributed by atoms with E-state index in [4.69, 9.17) is 4.98 Å². The van der Waals surface area contributed by atoms with E-state index in [0.717, 1.165) is 91.2 Å². The number of thiazole rings is 1. The van der Waals surface area contributed by atoms with Gasteiger partial charge in [-0.3, -0.25) is 28.8 Å². The number of rotatable bonds is 9. The number of aliphatic hydroxyl groups is 1. The van der Waals surface area contributed by atoms with Crippen LogP contribution in [-0.2, 0) is 28.4 Å². The number of hydrogen-bond donors (Lipinski definition) is 3. The highest BCUT2D eigenvalue weighted by Crippen LogP contribution is 2.42. The number of para-hydroxylation sites is 1. The fourth-order valence-corrected chi connectivity index (χ4v) is 10.4. The lowest BCUT2D eigenvalue weighted by Gasteiger charge is -2.40. The third-order valence-electron chi connectivity index (χ3n) is 12.5. The Morgan fingerprint density at radius 2 is 1.70 bits per heavy atom. The smallest absolute Gasteiger partial charge is 0.386 e. The van der Waals surface area contributed by atoms with E-state index in [-0.39, 0.29) is 29.6 Å². The molecular weight excluding hydrogens is 798 g/mol. The molecule has 2 aromatic carbocycles. The summed E-state index contributed by atoms with van der Waals surface area (Å²) in [5.41, 5.74) is 0.652. The molecule has 1 atom stereocenters. The average Bonchev–Trinajstić information content (AvgIpc) is 3.74. The lowest BCUT2D eigenvalue weighted by Crippen LogP contribution is -2.45. The van der Waals surface area contributed by atoms with Crippen LogP contribution in [0.1, 0.15) is 104 Å². The lowest BCUT2D eigenvalue weighted by molar-refractivity contribution is -0.141. The maximum absolute atomic E-state index is 13.5. The minimum absolute atomic E-state index is 0.194. The van der Waals surface area contributed by atoms with E-state index in [1.54, 1.807) is 37.6 Å². The van der Waals surface area contributed by atoms with Crippen LogP contribution in [0.4, 0.5) is 24.5 Å². The molecule has 60 heavy (non-hydrogen) atoms. The monoisotopic (exact) mass is 846 g/mol. The van der Waals surface area contributed by atoms with Crippen molar-refractivity contribution in [3.05, 3.63) is 81.0 Å². The Kier molecular flexibility index (Phi) is 11.1. The molecule has 1 saturated carbocycles. The number of nitrogens with one attached hydrogen (secondary N) is 2. The summed E-state index contributed by atoms with van der Waals surface area (Å²) < 4.78 is 43.8. The first-order valence-electron chi connectivity index (χ1n) is 20.5. The Bertz CT molecular complexity index is 2530. The third-order valence-corrected chi connectivity index (χ3v) is 13.7. The standard InChI is InChI=1S/C43H49F3N8O5S/c1-42(2,59)27-21-30-34(22-29(27)48-38(56)28-7-5-10-35(47-28)43(44,45)46)60-40(49-30)25-13-11-24(12-14-25)23-51(3)26-17-19-53(20-18-26)31-8-6-9-32-37(31)52(4)41(58)54(32)33-15-16-36(55)50-39(33)57/h5-10,21-22,24-26,33,59H,11-20,23H2,1-4H3,(H,48,56)(H,50,55,57). The van der Waals surface area contributed by atoms with Crippen LogP contribution < -0.4 is 21.2 Å². The van der Waals surface area contributed by atoms with Crippen LogP contribution in [0.5, 0.6) is 0 Å². The average molecular weight is 847 g/mol. The van der Waals surface area contributed by atoms with Gasteiger partial charge in [-0.2, -0.15) is 13.2 Å². The molecule has 3 aliphatic rings. The SMILES string of the molecule is CN(CC1CCC(c2nc3cc(C(C)(C)O)c(NC(=O)c4cccc(C(F)(F)F)n4)cc3s2)CC1)C1CCN(c2cccc3c2n(C)c(=O)n3C2CCC(=O)NC2=O)CC1. The maximum Gasteiger partial charge on any atom is 0.433 e. The molecule has 0 radical (unpaired) electrons. The fourth-order valence-electron chi connectivity index (χ4n) is 9.28. The Hall–Kier alpha value is -5.13. The van der Waals surface area contributed by atoms with Gasteiger partial charge in [-0.1, -0.05) is 12.1 Å². The lowest BCUT2D eigenvalue weighted by atomic mass is 9.82.